The van der Waals surface area contributed by atoms with E-state index in [1.54, 1.807) is 14.0 Å². The maximum atomic E-state index is 12.7. The number of hydrogen-bond acceptors (Lipinski definition) is 5. The van der Waals surface area contributed by atoms with Gasteiger partial charge in [-0.2, -0.15) is 0 Å². The second kappa shape index (κ2) is 12.1. The quantitative estimate of drug-likeness (QED) is 0.185. The van der Waals surface area contributed by atoms with Crippen molar-refractivity contribution in [2.45, 2.75) is 46.6 Å². The molecule has 6 heteroatoms. The van der Waals surface area contributed by atoms with Gasteiger partial charge in [-0.15, -0.1) is 0 Å². The number of Topliss-reactive ketones (excluding diaryl/α,β-unsaturated/α-hetero) is 1. The molecule has 0 bridgehead atoms. The molecular formula is C31H38O5Si. The summed E-state index contributed by atoms with van der Waals surface area (Å²) in [4.78, 5) is 12.7. The summed E-state index contributed by atoms with van der Waals surface area (Å²) < 4.78 is 24.5. The van der Waals surface area contributed by atoms with E-state index in [-0.39, 0.29) is 24.1 Å². The lowest BCUT2D eigenvalue weighted by molar-refractivity contribution is 0.0497. The highest BCUT2D eigenvalue weighted by Gasteiger charge is 2.35. The molecule has 1 aliphatic carbocycles. The van der Waals surface area contributed by atoms with Gasteiger partial charge >= 0.3 is 0 Å². The predicted octanol–water partition coefficient (Wildman–Crippen LogP) is 5.30. The van der Waals surface area contributed by atoms with Crippen LogP contribution in [-0.2, 0) is 9.16 Å². The van der Waals surface area contributed by atoms with E-state index in [9.17, 15) is 4.79 Å². The molecule has 0 N–H and O–H groups in total. The van der Waals surface area contributed by atoms with Gasteiger partial charge in [-0.25, -0.2) is 0 Å². The smallest absolute Gasteiger partial charge is 0.240 e. The van der Waals surface area contributed by atoms with Crippen LogP contribution in [0.2, 0.25) is 0 Å². The molecule has 3 aromatic carbocycles. The summed E-state index contributed by atoms with van der Waals surface area (Å²) in [7, 11) is -0.525. The zero-order chi connectivity index (χ0) is 26.4. The maximum Gasteiger partial charge on any atom is 0.240 e. The normalized spacial score (nSPS) is 14.4. The number of hydrogen-bond donors (Lipinski definition) is 0. The Hall–Kier alpha value is -2.93. The van der Waals surface area contributed by atoms with Gasteiger partial charge < -0.3 is 18.6 Å². The monoisotopic (exact) mass is 518 g/mol. The van der Waals surface area contributed by atoms with Gasteiger partial charge in [-0.1, -0.05) is 81.4 Å². The topological polar surface area (TPSA) is 54.0 Å². The van der Waals surface area contributed by atoms with Crippen LogP contribution in [0.4, 0.5) is 0 Å². The van der Waals surface area contributed by atoms with Crippen LogP contribution in [0.25, 0.3) is 0 Å². The molecule has 0 amide bonds. The number of ether oxygens (including phenoxy) is 3. The average Bonchev–Trinajstić information content (AvgIpc) is 3.72. The summed E-state index contributed by atoms with van der Waals surface area (Å²) in [5, 5.41) is 2.41. The Morgan fingerprint density at radius 1 is 0.919 bits per heavy atom. The van der Waals surface area contributed by atoms with Crippen LogP contribution in [0.3, 0.4) is 0 Å². The lowest BCUT2D eigenvalue weighted by Crippen LogP contribution is -2.47. The van der Waals surface area contributed by atoms with Crippen molar-refractivity contribution in [3.63, 3.8) is 0 Å². The van der Waals surface area contributed by atoms with Crippen molar-refractivity contribution < 1.29 is 23.4 Å². The van der Waals surface area contributed by atoms with Crippen molar-refractivity contribution in [2.24, 2.45) is 11.3 Å². The summed E-state index contributed by atoms with van der Waals surface area (Å²) in [5.74, 6) is 1.68. The second-order valence-electron chi connectivity index (χ2n) is 10.8. The van der Waals surface area contributed by atoms with E-state index < -0.39 is 9.04 Å². The molecule has 3 aromatic rings. The molecule has 0 spiro atoms. The van der Waals surface area contributed by atoms with Crippen LogP contribution in [-0.4, -0.2) is 35.3 Å². The number of methoxy groups -OCH3 is 1. The third-order valence-electron chi connectivity index (χ3n) is 6.54. The van der Waals surface area contributed by atoms with Crippen LogP contribution >= 0.6 is 0 Å². The molecule has 0 radical (unpaired) electrons. The van der Waals surface area contributed by atoms with E-state index in [0.29, 0.717) is 29.6 Å². The second-order valence-corrected chi connectivity index (χ2v) is 13.2. The van der Waals surface area contributed by atoms with E-state index >= 15 is 0 Å². The highest BCUT2D eigenvalue weighted by molar-refractivity contribution is 6.80. The minimum absolute atomic E-state index is 0.0535. The van der Waals surface area contributed by atoms with Crippen LogP contribution in [0.1, 0.15) is 62.6 Å². The maximum absolute atomic E-state index is 12.7. The summed E-state index contributed by atoms with van der Waals surface area (Å²) in [6.07, 6.45) is 2.06. The van der Waals surface area contributed by atoms with Crippen LogP contribution in [0.15, 0.2) is 72.8 Å². The zero-order valence-electron chi connectivity index (χ0n) is 22.5. The van der Waals surface area contributed by atoms with Gasteiger partial charge in [0.2, 0.25) is 9.04 Å². The Kier molecular flexibility index (Phi) is 8.85. The van der Waals surface area contributed by atoms with Gasteiger partial charge in [-0.3, -0.25) is 4.79 Å². The Labute approximate surface area is 222 Å². The molecule has 1 atom stereocenters. The van der Waals surface area contributed by atoms with Crippen molar-refractivity contribution in [2.75, 3.05) is 20.5 Å². The van der Waals surface area contributed by atoms with Crippen LogP contribution in [0, 0.1) is 11.3 Å². The van der Waals surface area contributed by atoms with Crippen LogP contribution < -0.4 is 19.8 Å². The van der Waals surface area contributed by atoms with Gasteiger partial charge in [0.25, 0.3) is 0 Å². The van der Waals surface area contributed by atoms with Crippen molar-refractivity contribution in [1.29, 1.82) is 0 Å². The first kappa shape index (κ1) is 27.1. The number of carbonyl (C=O) groups is 1. The van der Waals surface area contributed by atoms with E-state index in [1.165, 1.54) is 23.2 Å². The summed E-state index contributed by atoms with van der Waals surface area (Å²) >= 11 is 0. The minimum atomic E-state index is -2.09. The Morgan fingerprint density at radius 3 is 2.00 bits per heavy atom. The van der Waals surface area contributed by atoms with Crippen molar-refractivity contribution in [3.05, 3.63) is 83.9 Å². The zero-order valence-corrected chi connectivity index (χ0v) is 23.7. The third kappa shape index (κ3) is 7.10. The molecule has 0 aromatic heterocycles. The highest BCUT2D eigenvalue weighted by atomic mass is 28.3. The summed E-state index contributed by atoms with van der Waals surface area (Å²) in [6, 6.07) is 24.7. The van der Waals surface area contributed by atoms with Gasteiger partial charge in [-0.05, 0) is 47.5 Å². The molecule has 0 heterocycles. The minimum Gasteiger partial charge on any atom is -0.493 e. The molecule has 1 fully saturated rings. The molecule has 37 heavy (non-hydrogen) atoms. The molecule has 196 valence electrons. The summed E-state index contributed by atoms with van der Waals surface area (Å²) in [5.41, 5.74) is 1.11. The predicted molar refractivity (Wildman–Crippen MR) is 150 cm³/mol. The fourth-order valence-corrected chi connectivity index (χ4v) is 7.07. The first-order valence-corrected chi connectivity index (χ1v) is 14.6. The van der Waals surface area contributed by atoms with Gasteiger partial charge in [0.1, 0.15) is 11.5 Å². The van der Waals surface area contributed by atoms with E-state index in [1.807, 2.05) is 24.3 Å². The molecule has 4 rings (SSSR count). The Morgan fingerprint density at radius 2 is 1.51 bits per heavy atom. The van der Waals surface area contributed by atoms with Gasteiger partial charge in [0, 0.05) is 18.7 Å². The highest BCUT2D eigenvalue weighted by Crippen LogP contribution is 2.44. The molecule has 5 nitrogen and oxygen atoms in total. The third-order valence-corrected chi connectivity index (χ3v) is 9.07. The number of benzene rings is 3. The fraction of sp³-hybridized carbons (Fsp3) is 0.387. The lowest BCUT2D eigenvalue weighted by Gasteiger charge is -2.36. The van der Waals surface area contributed by atoms with Crippen molar-refractivity contribution in [3.8, 4) is 11.5 Å². The number of carbonyl (C=O) groups excluding carboxylic acids is 1. The van der Waals surface area contributed by atoms with Crippen molar-refractivity contribution in [1.82, 2.24) is 0 Å². The van der Waals surface area contributed by atoms with E-state index in [0.717, 1.165) is 5.56 Å². The SMILES string of the molecule is COCOc1cc(OCC2CC2)c(C(O[SiH](c2ccccc2)c2ccccc2)C(C)(C)C)cc1C(C)=O. The summed E-state index contributed by atoms with van der Waals surface area (Å²) in [6.45, 7) is 8.77. The number of ketones is 1. The van der Waals surface area contributed by atoms with Gasteiger partial charge in [0.15, 0.2) is 12.6 Å². The molecule has 1 saturated carbocycles. The lowest BCUT2D eigenvalue weighted by atomic mass is 9.83. The number of rotatable bonds is 12. The van der Waals surface area contributed by atoms with Gasteiger partial charge in [0.05, 0.1) is 18.3 Å². The van der Waals surface area contributed by atoms with Crippen LogP contribution in [0.5, 0.6) is 11.5 Å². The molecule has 0 saturated heterocycles. The van der Waals surface area contributed by atoms with E-state index in [2.05, 4.69) is 69.3 Å². The first-order chi connectivity index (χ1) is 17.8. The Balaban J connectivity index is 1.82. The molecular weight excluding hydrogens is 480 g/mol. The first-order valence-electron chi connectivity index (χ1n) is 13.0. The molecule has 1 unspecified atom stereocenters. The molecule has 0 aliphatic heterocycles. The average molecular weight is 519 g/mol. The Bertz CT molecular complexity index is 1130. The largest absolute Gasteiger partial charge is 0.493 e. The molecule has 1 aliphatic rings. The fourth-order valence-electron chi connectivity index (χ4n) is 4.40. The standard InChI is InChI=1S/C31H38O5Si/c1-22(32)26-18-27(29(34-20-23-16-17-23)19-28(26)35-21-33-5)30(31(2,3)4)36-37(24-12-8-6-9-13-24)25-14-10-7-11-15-25/h6-15,18-19,23,30,37H,16-17,20-21H2,1-5H3. The van der Waals surface area contributed by atoms with Crippen molar-refractivity contribution >= 4 is 25.2 Å². The van der Waals surface area contributed by atoms with E-state index in [4.69, 9.17) is 18.6 Å².